The van der Waals surface area contributed by atoms with Crippen LogP contribution >= 0.6 is 0 Å². The summed E-state index contributed by atoms with van der Waals surface area (Å²) < 4.78 is 0. The van der Waals surface area contributed by atoms with E-state index in [9.17, 15) is 14.7 Å². The molecule has 1 fully saturated rings. The van der Waals surface area contributed by atoms with Crippen LogP contribution in [-0.2, 0) is 11.3 Å². The van der Waals surface area contributed by atoms with Crippen LogP contribution in [0.15, 0.2) is 42.6 Å². The molecular formula is C27H35N5O3. The third-order valence-corrected chi connectivity index (χ3v) is 6.54. The lowest BCUT2D eigenvalue weighted by atomic mass is 9.88. The van der Waals surface area contributed by atoms with Gasteiger partial charge in [0.25, 0.3) is 5.91 Å². The van der Waals surface area contributed by atoms with E-state index in [1.54, 1.807) is 24.9 Å². The van der Waals surface area contributed by atoms with Gasteiger partial charge in [0.15, 0.2) is 0 Å². The molecular weight excluding hydrogens is 442 g/mol. The van der Waals surface area contributed by atoms with Crippen molar-refractivity contribution in [1.82, 2.24) is 15.3 Å². The molecule has 0 spiro atoms. The molecule has 1 aliphatic carbocycles. The highest BCUT2D eigenvalue weighted by Crippen LogP contribution is 2.32. The van der Waals surface area contributed by atoms with Gasteiger partial charge in [-0.1, -0.05) is 25.3 Å². The van der Waals surface area contributed by atoms with Crippen LogP contribution in [-0.4, -0.2) is 46.1 Å². The summed E-state index contributed by atoms with van der Waals surface area (Å²) in [6.07, 6.45) is 7.03. The maximum absolute atomic E-state index is 13.2. The quantitative estimate of drug-likeness (QED) is 0.388. The molecule has 3 aromatic rings. The molecule has 2 amide bonds. The molecule has 35 heavy (non-hydrogen) atoms. The van der Waals surface area contributed by atoms with Crippen molar-refractivity contribution in [3.63, 3.8) is 0 Å². The number of aromatic amines is 1. The van der Waals surface area contributed by atoms with Gasteiger partial charge in [0.2, 0.25) is 5.91 Å². The number of hydrogen-bond acceptors (Lipinski definition) is 5. The first kappa shape index (κ1) is 24.7. The fourth-order valence-electron chi connectivity index (χ4n) is 4.58. The van der Waals surface area contributed by atoms with Crippen molar-refractivity contribution in [3.05, 3.63) is 53.9 Å². The summed E-state index contributed by atoms with van der Waals surface area (Å²) in [5.41, 5.74) is 1.82. The van der Waals surface area contributed by atoms with Gasteiger partial charge in [-0.15, -0.1) is 0 Å². The molecule has 2 heterocycles. The third kappa shape index (κ3) is 6.00. The monoisotopic (exact) mass is 477 g/mol. The zero-order valence-electron chi connectivity index (χ0n) is 20.7. The van der Waals surface area contributed by atoms with E-state index in [4.69, 9.17) is 0 Å². The molecule has 4 N–H and O–H groups in total. The van der Waals surface area contributed by atoms with E-state index < -0.39 is 5.60 Å². The number of hydrogen-bond donors (Lipinski definition) is 4. The maximum Gasteiger partial charge on any atom is 0.255 e. The standard InChI is InChI=1S/C27H35N5O3/c1-27(2,35)17-30-25(33)23-21-13-12-20(32(3)26(34)18-9-5-4-6-10-18)15-22(21)31-24(23)29-16-19-11-7-8-14-28-19/h7-8,11-15,18,29,31,35H,4-6,9-10,16-17H2,1-3H3,(H,30,33). The van der Waals surface area contributed by atoms with Crippen LogP contribution in [0.3, 0.4) is 0 Å². The lowest BCUT2D eigenvalue weighted by Gasteiger charge is -2.26. The van der Waals surface area contributed by atoms with Gasteiger partial charge in [-0.25, -0.2) is 0 Å². The van der Waals surface area contributed by atoms with Crippen LogP contribution < -0.4 is 15.5 Å². The maximum atomic E-state index is 13.2. The summed E-state index contributed by atoms with van der Waals surface area (Å²) in [4.78, 5) is 35.6. The number of anilines is 2. The molecule has 0 bridgehead atoms. The number of aliphatic hydroxyl groups is 1. The summed E-state index contributed by atoms with van der Waals surface area (Å²) in [6, 6.07) is 11.3. The zero-order chi connectivity index (χ0) is 25.0. The number of pyridine rings is 1. The average molecular weight is 478 g/mol. The van der Waals surface area contributed by atoms with Crippen molar-refractivity contribution in [2.75, 3.05) is 23.8 Å². The van der Waals surface area contributed by atoms with Gasteiger partial charge >= 0.3 is 0 Å². The van der Waals surface area contributed by atoms with Crippen molar-refractivity contribution in [3.8, 4) is 0 Å². The largest absolute Gasteiger partial charge is 0.389 e. The van der Waals surface area contributed by atoms with Crippen LogP contribution in [0.1, 0.15) is 62.0 Å². The predicted molar refractivity (Wildman–Crippen MR) is 138 cm³/mol. The molecule has 0 radical (unpaired) electrons. The number of aromatic nitrogens is 2. The second-order valence-corrected chi connectivity index (χ2v) is 10.0. The summed E-state index contributed by atoms with van der Waals surface area (Å²) in [6.45, 7) is 3.85. The Morgan fingerprint density at radius 1 is 1.17 bits per heavy atom. The van der Waals surface area contributed by atoms with E-state index in [0.29, 0.717) is 17.9 Å². The molecule has 2 aromatic heterocycles. The van der Waals surface area contributed by atoms with Gasteiger partial charge in [-0.3, -0.25) is 14.6 Å². The number of amides is 2. The second-order valence-electron chi connectivity index (χ2n) is 10.0. The molecule has 186 valence electrons. The van der Waals surface area contributed by atoms with Crippen molar-refractivity contribution >= 4 is 34.2 Å². The minimum atomic E-state index is -1.03. The lowest BCUT2D eigenvalue weighted by Crippen LogP contribution is -2.38. The molecule has 4 rings (SSSR count). The van der Waals surface area contributed by atoms with Gasteiger partial charge in [0, 0.05) is 42.3 Å². The number of nitrogens with zero attached hydrogens (tertiary/aromatic N) is 2. The van der Waals surface area contributed by atoms with Crippen LogP contribution in [0.2, 0.25) is 0 Å². The Balaban J connectivity index is 1.63. The number of rotatable bonds is 8. The van der Waals surface area contributed by atoms with Crippen molar-refractivity contribution in [2.45, 2.75) is 58.1 Å². The smallest absolute Gasteiger partial charge is 0.255 e. The summed E-state index contributed by atoms with van der Waals surface area (Å²) in [5, 5.41) is 16.9. The number of fused-ring (bicyclic) bond motifs is 1. The first-order valence-corrected chi connectivity index (χ1v) is 12.3. The Morgan fingerprint density at radius 2 is 1.94 bits per heavy atom. The molecule has 0 saturated heterocycles. The fraction of sp³-hybridized carbons (Fsp3) is 0.444. The third-order valence-electron chi connectivity index (χ3n) is 6.54. The Kier molecular flexibility index (Phi) is 7.40. The predicted octanol–water partition coefficient (Wildman–Crippen LogP) is 4.22. The van der Waals surface area contributed by atoms with E-state index in [2.05, 4.69) is 20.6 Å². The van der Waals surface area contributed by atoms with E-state index in [-0.39, 0.29) is 24.3 Å². The topological polar surface area (TPSA) is 110 Å². The van der Waals surface area contributed by atoms with E-state index in [1.807, 2.05) is 43.4 Å². The molecule has 0 aliphatic heterocycles. The molecule has 1 aromatic carbocycles. The second kappa shape index (κ2) is 10.5. The first-order valence-electron chi connectivity index (χ1n) is 12.3. The van der Waals surface area contributed by atoms with E-state index in [0.717, 1.165) is 48.0 Å². The minimum absolute atomic E-state index is 0.0758. The number of carbonyl (C=O) groups is 2. The summed E-state index contributed by atoms with van der Waals surface area (Å²) in [7, 11) is 1.82. The van der Waals surface area contributed by atoms with Crippen LogP contribution in [0.5, 0.6) is 0 Å². The van der Waals surface area contributed by atoms with Gasteiger partial charge in [0.1, 0.15) is 5.82 Å². The molecule has 1 aliphatic rings. The zero-order valence-corrected chi connectivity index (χ0v) is 20.7. The number of nitrogens with one attached hydrogen (secondary N) is 3. The average Bonchev–Trinajstić information content (AvgIpc) is 3.23. The normalized spacial score (nSPS) is 14.6. The Hall–Kier alpha value is -3.39. The Morgan fingerprint density at radius 3 is 2.63 bits per heavy atom. The number of carbonyl (C=O) groups excluding carboxylic acids is 2. The SMILES string of the molecule is CN(C(=O)C1CCCCC1)c1ccc2c(C(=O)NCC(C)(C)O)c(NCc3ccccn3)[nH]c2c1. The van der Waals surface area contributed by atoms with E-state index >= 15 is 0 Å². The molecule has 1 saturated carbocycles. The van der Waals surface area contributed by atoms with Crippen molar-refractivity contribution in [2.24, 2.45) is 5.92 Å². The fourth-order valence-corrected chi connectivity index (χ4v) is 4.58. The van der Waals surface area contributed by atoms with Crippen LogP contribution in [0.25, 0.3) is 10.9 Å². The van der Waals surface area contributed by atoms with Gasteiger partial charge in [0.05, 0.1) is 23.4 Å². The van der Waals surface area contributed by atoms with Gasteiger partial charge in [-0.2, -0.15) is 0 Å². The summed E-state index contributed by atoms with van der Waals surface area (Å²) in [5.74, 6) is 0.498. The van der Waals surface area contributed by atoms with E-state index in [1.165, 1.54) is 6.42 Å². The first-order chi connectivity index (χ1) is 16.7. The van der Waals surface area contributed by atoms with Crippen LogP contribution in [0.4, 0.5) is 11.5 Å². The summed E-state index contributed by atoms with van der Waals surface area (Å²) >= 11 is 0. The Labute approximate surface area is 206 Å². The molecule has 8 heteroatoms. The minimum Gasteiger partial charge on any atom is -0.389 e. The molecule has 0 unspecified atom stereocenters. The number of H-pyrrole nitrogens is 1. The van der Waals surface area contributed by atoms with Crippen molar-refractivity contribution in [1.29, 1.82) is 0 Å². The highest BCUT2D eigenvalue weighted by molar-refractivity contribution is 6.12. The lowest BCUT2D eigenvalue weighted by molar-refractivity contribution is -0.123. The van der Waals surface area contributed by atoms with Crippen LogP contribution in [0, 0.1) is 5.92 Å². The number of benzene rings is 1. The molecule has 0 atom stereocenters. The highest BCUT2D eigenvalue weighted by Gasteiger charge is 2.26. The molecule has 8 nitrogen and oxygen atoms in total. The van der Waals surface area contributed by atoms with Crippen molar-refractivity contribution < 1.29 is 14.7 Å². The van der Waals surface area contributed by atoms with Gasteiger partial charge in [-0.05, 0) is 57.0 Å². The van der Waals surface area contributed by atoms with Gasteiger partial charge < -0.3 is 25.6 Å². The highest BCUT2D eigenvalue weighted by atomic mass is 16.3. The Bertz CT molecular complexity index is 1180.